The molecule has 106 valence electrons. The summed E-state index contributed by atoms with van der Waals surface area (Å²) in [6.07, 6.45) is 2.56. The third-order valence-electron chi connectivity index (χ3n) is 3.33. The van der Waals surface area contributed by atoms with Crippen LogP contribution in [0.15, 0.2) is 48.7 Å². The maximum Gasteiger partial charge on any atom is 0.251 e. The van der Waals surface area contributed by atoms with Gasteiger partial charge in [-0.3, -0.25) is 9.20 Å². The molecule has 0 saturated heterocycles. The first-order valence-electron chi connectivity index (χ1n) is 6.87. The first-order chi connectivity index (χ1) is 10.2. The van der Waals surface area contributed by atoms with E-state index in [4.69, 9.17) is 0 Å². The van der Waals surface area contributed by atoms with Gasteiger partial charge in [0.1, 0.15) is 5.82 Å². The van der Waals surface area contributed by atoms with E-state index in [2.05, 4.69) is 15.5 Å². The highest BCUT2D eigenvalue weighted by atomic mass is 16.1. The molecule has 0 radical (unpaired) electrons. The predicted molar refractivity (Wildman–Crippen MR) is 80.2 cm³/mol. The summed E-state index contributed by atoms with van der Waals surface area (Å²) in [5.41, 5.74) is 2.63. The second kappa shape index (κ2) is 5.75. The maximum atomic E-state index is 12.0. The van der Waals surface area contributed by atoms with Crippen LogP contribution in [0.25, 0.3) is 5.65 Å². The molecule has 0 aliphatic heterocycles. The molecule has 0 fully saturated rings. The fraction of sp³-hybridized carbons (Fsp3) is 0.188. The van der Waals surface area contributed by atoms with Gasteiger partial charge in [-0.15, -0.1) is 10.2 Å². The number of pyridine rings is 1. The fourth-order valence-corrected chi connectivity index (χ4v) is 2.16. The van der Waals surface area contributed by atoms with Crippen molar-refractivity contribution in [3.8, 4) is 0 Å². The van der Waals surface area contributed by atoms with Gasteiger partial charge in [0.05, 0.1) is 0 Å². The molecule has 0 atom stereocenters. The van der Waals surface area contributed by atoms with E-state index in [1.165, 1.54) is 0 Å². The van der Waals surface area contributed by atoms with E-state index in [1.807, 2.05) is 60.0 Å². The van der Waals surface area contributed by atoms with E-state index < -0.39 is 0 Å². The summed E-state index contributed by atoms with van der Waals surface area (Å²) >= 11 is 0. The molecule has 0 spiro atoms. The molecule has 1 amide bonds. The smallest absolute Gasteiger partial charge is 0.251 e. The number of fused-ring (bicyclic) bond motifs is 1. The summed E-state index contributed by atoms with van der Waals surface area (Å²) in [7, 11) is 0. The van der Waals surface area contributed by atoms with Gasteiger partial charge in [0, 0.05) is 24.7 Å². The lowest BCUT2D eigenvalue weighted by atomic mass is 10.1. The van der Waals surface area contributed by atoms with Crippen molar-refractivity contribution in [1.82, 2.24) is 19.9 Å². The Kier molecular flexibility index (Phi) is 3.64. The van der Waals surface area contributed by atoms with E-state index in [1.54, 1.807) is 0 Å². The molecule has 0 aliphatic rings. The highest BCUT2D eigenvalue weighted by Crippen LogP contribution is 2.04. The van der Waals surface area contributed by atoms with E-state index in [-0.39, 0.29) is 5.91 Å². The van der Waals surface area contributed by atoms with Crippen molar-refractivity contribution in [1.29, 1.82) is 0 Å². The zero-order valence-electron chi connectivity index (χ0n) is 11.8. The quantitative estimate of drug-likeness (QED) is 0.795. The minimum absolute atomic E-state index is 0.0659. The third kappa shape index (κ3) is 2.91. The van der Waals surface area contributed by atoms with Gasteiger partial charge in [-0.2, -0.15) is 0 Å². The van der Waals surface area contributed by atoms with Crippen LogP contribution in [0.2, 0.25) is 0 Å². The predicted octanol–water partition coefficient (Wildman–Crippen LogP) is 2.01. The number of hydrogen-bond acceptors (Lipinski definition) is 3. The molecule has 0 aliphatic carbocycles. The molecule has 2 heterocycles. The number of carbonyl (C=O) groups is 1. The monoisotopic (exact) mass is 280 g/mol. The molecule has 5 heteroatoms. The van der Waals surface area contributed by atoms with Crippen LogP contribution >= 0.6 is 0 Å². The van der Waals surface area contributed by atoms with Crippen LogP contribution in [0.5, 0.6) is 0 Å². The lowest BCUT2D eigenvalue weighted by Gasteiger charge is -2.05. The normalized spacial score (nSPS) is 10.7. The number of amides is 1. The van der Waals surface area contributed by atoms with Crippen LogP contribution in [0.3, 0.4) is 0 Å². The van der Waals surface area contributed by atoms with Gasteiger partial charge in [0.15, 0.2) is 5.65 Å². The number of rotatable bonds is 4. The summed E-state index contributed by atoms with van der Waals surface area (Å²) in [6, 6.07) is 13.3. The van der Waals surface area contributed by atoms with Crippen molar-refractivity contribution in [2.24, 2.45) is 0 Å². The van der Waals surface area contributed by atoms with Crippen molar-refractivity contribution in [2.45, 2.75) is 13.3 Å². The molecule has 3 aromatic rings. The summed E-state index contributed by atoms with van der Waals surface area (Å²) in [6.45, 7) is 2.53. The van der Waals surface area contributed by atoms with E-state index in [0.29, 0.717) is 18.5 Å². The minimum atomic E-state index is -0.0659. The van der Waals surface area contributed by atoms with Crippen molar-refractivity contribution < 1.29 is 4.79 Å². The van der Waals surface area contributed by atoms with Crippen LogP contribution in [-0.2, 0) is 6.42 Å². The van der Waals surface area contributed by atoms with Crippen LogP contribution in [0.1, 0.15) is 21.7 Å². The van der Waals surface area contributed by atoms with Crippen LogP contribution in [0.4, 0.5) is 0 Å². The first kappa shape index (κ1) is 13.3. The zero-order valence-corrected chi connectivity index (χ0v) is 11.8. The van der Waals surface area contributed by atoms with Gasteiger partial charge >= 0.3 is 0 Å². The summed E-state index contributed by atoms with van der Waals surface area (Å²) in [5.74, 6) is 0.777. The average Bonchev–Trinajstić information content (AvgIpc) is 2.91. The SMILES string of the molecule is Cc1ccc(C(=O)NCCc2nnc3ccccn23)cc1. The average molecular weight is 280 g/mol. The summed E-state index contributed by atoms with van der Waals surface area (Å²) in [5, 5.41) is 11.1. The number of nitrogens with zero attached hydrogens (tertiary/aromatic N) is 3. The number of aromatic nitrogens is 3. The lowest BCUT2D eigenvalue weighted by Crippen LogP contribution is -2.26. The number of aryl methyl sites for hydroxylation is 1. The van der Waals surface area contributed by atoms with Crippen LogP contribution < -0.4 is 5.32 Å². The molecule has 21 heavy (non-hydrogen) atoms. The Morgan fingerprint density at radius 1 is 1.14 bits per heavy atom. The van der Waals surface area contributed by atoms with Crippen LogP contribution in [0, 0.1) is 6.92 Å². The van der Waals surface area contributed by atoms with E-state index in [9.17, 15) is 4.79 Å². The number of nitrogens with one attached hydrogen (secondary N) is 1. The van der Waals surface area contributed by atoms with Crippen molar-refractivity contribution in [3.63, 3.8) is 0 Å². The summed E-state index contributed by atoms with van der Waals surface area (Å²) < 4.78 is 1.93. The second-order valence-electron chi connectivity index (χ2n) is 4.92. The van der Waals surface area contributed by atoms with Gasteiger partial charge in [0.2, 0.25) is 0 Å². The number of carbonyl (C=O) groups excluding carboxylic acids is 1. The minimum Gasteiger partial charge on any atom is -0.352 e. The molecule has 1 aromatic carbocycles. The van der Waals surface area contributed by atoms with Crippen molar-refractivity contribution in [2.75, 3.05) is 6.54 Å². The highest BCUT2D eigenvalue weighted by molar-refractivity contribution is 5.94. The molecule has 2 aromatic heterocycles. The maximum absolute atomic E-state index is 12.0. The van der Waals surface area contributed by atoms with E-state index in [0.717, 1.165) is 17.0 Å². The Labute approximate surface area is 122 Å². The standard InChI is InChI=1S/C16H16N4O/c1-12-5-7-13(8-6-12)16(21)17-10-9-15-19-18-14-4-2-3-11-20(14)15/h2-8,11H,9-10H2,1H3,(H,17,21). The van der Waals surface area contributed by atoms with Crippen molar-refractivity contribution in [3.05, 3.63) is 65.6 Å². The lowest BCUT2D eigenvalue weighted by molar-refractivity contribution is 0.0954. The Morgan fingerprint density at radius 2 is 1.95 bits per heavy atom. The molecule has 1 N–H and O–H groups in total. The molecule has 0 unspecified atom stereocenters. The largest absolute Gasteiger partial charge is 0.352 e. The molecular weight excluding hydrogens is 264 g/mol. The van der Waals surface area contributed by atoms with Gasteiger partial charge in [0.25, 0.3) is 5.91 Å². The Morgan fingerprint density at radius 3 is 2.76 bits per heavy atom. The molecule has 0 bridgehead atoms. The topological polar surface area (TPSA) is 59.3 Å². The van der Waals surface area contributed by atoms with Gasteiger partial charge < -0.3 is 5.32 Å². The van der Waals surface area contributed by atoms with Gasteiger partial charge in [-0.05, 0) is 31.2 Å². The summed E-state index contributed by atoms with van der Waals surface area (Å²) in [4.78, 5) is 12.0. The Balaban J connectivity index is 1.61. The Hall–Kier alpha value is -2.69. The molecule has 3 rings (SSSR count). The van der Waals surface area contributed by atoms with Crippen molar-refractivity contribution >= 4 is 11.6 Å². The highest BCUT2D eigenvalue weighted by Gasteiger charge is 2.07. The van der Waals surface area contributed by atoms with Gasteiger partial charge in [-0.1, -0.05) is 23.8 Å². The molecular formula is C16H16N4O. The second-order valence-corrected chi connectivity index (χ2v) is 4.92. The Bertz CT molecular complexity index is 761. The first-order valence-corrected chi connectivity index (χ1v) is 6.87. The fourth-order valence-electron chi connectivity index (χ4n) is 2.16. The molecule has 0 saturated carbocycles. The van der Waals surface area contributed by atoms with E-state index >= 15 is 0 Å². The molecule has 5 nitrogen and oxygen atoms in total. The third-order valence-corrected chi connectivity index (χ3v) is 3.33. The number of hydrogen-bond donors (Lipinski definition) is 1. The van der Waals surface area contributed by atoms with Gasteiger partial charge in [-0.25, -0.2) is 0 Å². The number of benzene rings is 1. The zero-order chi connectivity index (χ0) is 14.7. The van der Waals surface area contributed by atoms with Crippen LogP contribution in [-0.4, -0.2) is 27.0 Å².